The summed E-state index contributed by atoms with van der Waals surface area (Å²) in [7, 11) is 0. The first-order chi connectivity index (χ1) is 21.4. The highest BCUT2D eigenvalue weighted by Gasteiger charge is 2.36. The van der Waals surface area contributed by atoms with Crippen LogP contribution in [0.4, 0.5) is 5.69 Å². The number of nitro benzene ring substituents is 1. The molecule has 6 rings (SSSR count). The van der Waals surface area contributed by atoms with Gasteiger partial charge in [-0.25, -0.2) is 4.79 Å². The van der Waals surface area contributed by atoms with Gasteiger partial charge in [0.2, 0.25) is 5.91 Å². The van der Waals surface area contributed by atoms with Crippen LogP contribution >= 0.6 is 0 Å². The SMILES string of the molecule is O=C(N[C@@H](Cc1ccc(O)cc1)C(=O)OCc1ccccc1)[C@@H]1Cc2c([nH]c3ccccc23)[C@H](c2ccc([N+](=O)[O-])cc2)N1. The van der Waals surface area contributed by atoms with Crippen LogP contribution in [0.25, 0.3) is 10.9 Å². The quantitative estimate of drug-likeness (QED) is 0.109. The molecule has 2 heterocycles. The Morgan fingerprint density at radius 3 is 2.36 bits per heavy atom. The van der Waals surface area contributed by atoms with E-state index in [-0.39, 0.29) is 30.4 Å². The van der Waals surface area contributed by atoms with Crippen LogP contribution in [0.5, 0.6) is 5.75 Å². The van der Waals surface area contributed by atoms with Crippen molar-refractivity contribution in [2.45, 2.75) is 37.6 Å². The second-order valence-corrected chi connectivity index (χ2v) is 10.8. The summed E-state index contributed by atoms with van der Waals surface area (Å²) in [5, 5.41) is 28.3. The van der Waals surface area contributed by atoms with Gasteiger partial charge in [-0.3, -0.25) is 20.2 Å². The summed E-state index contributed by atoms with van der Waals surface area (Å²) >= 11 is 0. The molecule has 1 aromatic heterocycles. The second-order valence-electron chi connectivity index (χ2n) is 10.8. The Morgan fingerprint density at radius 1 is 0.932 bits per heavy atom. The molecular weight excluding hydrogens is 560 g/mol. The van der Waals surface area contributed by atoms with Gasteiger partial charge in [0, 0.05) is 35.2 Å². The molecule has 1 aliphatic heterocycles. The number of H-pyrrole nitrogens is 1. The number of rotatable bonds is 9. The molecule has 4 aromatic carbocycles. The smallest absolute Gasteiger partial charge is 0.329 e. The van der Waals surface area contributed by atoms with Crippen molar-refractivity contribution < 1.29 is 24.4 Å². The zero-order chi connectivity index (χ0) is 30.6. The number of aromatic amines is 1. The molecule has 1 aliphatic rings. The molecule has 0 aliphatic carbocycles. The summed E-state index contributed by atoms with van der Waals surface area (Å²) in [5.74, 6) is -0.863. The van der Waals surface area contributed by atoms with Crippen molar-refractivity contribution >= 4 is 28.5 Å². The standard InChI is InChI=1S/C34H30N4O6/c39-25-16-10-21(11-17-25)18-30(34(41)44-20-22-6-2-1-3-7-22)37-33(40)29-19-27-26-8-4-5-9-28(26)35-32(27)31(36-29)23-12-14-24(15-13-23)38(42)43/h1-17,29-31,35-36,39H,18-20H2,(H,37,40)/t29-,30-,31-/m0/s1. The van der Waals surface area contributed by atoms with Crippen molar-refractivity contribution in [3.05, 3.63) is 141 Å². The summed E-state index contributed by atoms with van der Waals surface area (Å²) < 4.78 is 5.61. The van der Waals surface area contributed by atoms with Crippen molar-refractivity contribution in [3.63, 3.8) is 0 Å². The number of aromatic nitrogens is 1. The number of carbonyl (C=O) groups is 2. The molecule has 0 radical (unpaired) electrons. The number of nitrogens with zero attached hydrogens (tertiary/aromatic N) is 1. The van der Waals surface area contributed by atoms with E-state index < -0.39 is 29.0 Å². The van der Waals surface area contributed by atoms with E-state index in [2.05, 4.69) is 15.6 Å². The van der Waals surface area contributed by atoms with Crippen LogP contribution < -0.4 is 10.6 Å². The predicted molar refractivity (Wildman–Crippen MR) is 164 cm³/mol. The summed E-state index contributed by atoms with van der Waals surface area (Å²) in [6.07, 6.45) is 0.524. The van der Waals surface area contributed by atoms with Gasteiger partial charge in [-0.05, 0) is 46.9 Å². The lowest BCUT2D eigenvalue weighted by molar-refractivity contribution is -0.384. The number of phenols is 1. The number of esters is 1. The van der Waals surface area contributed by atoms with Crippen molar-refractivity contribution in [1.82, 2.24) is 15.6 Å². The van der Waals surface area contributed by atoms with Gasteiger partial charge >= 0.3 is 5.97 Å². The molecule has 0 saturated heterocycles. The molecule has 10 nitrogen and oxygen atoms in total. The summed E-state index contributed by atoms with van der Waals surface area (Å²) in [5.41, 5.74) is 5.05. The van der Waals surface area contributed by atoms with E-state index >= 15 is 0 Å². The third-order valence-corrected chi connectivity index (χ3v) is 7.87. The maximum absolute atomic E-state index is 13.9. The molecular formula is C34H30N4O6. The Balaban J connectivity index is 1.27. The Labute approximate surface area is 252 Å². The molecule has 222 valence electrons. The van der Waals surface area contributed by atoms with Crippen molar-refractivity contribution in [2.24, 2.45) is 0 Å². The average Bonchev–Trinajstić information content (AvgIpc) is 3.43. The lowest BCUT2D eigenvalue weighted by Crippen LogP contribution is -2.54. The molecule has 44 heavy (non-hydrogen) atoms. The van der Waals surface area contributed by atoms with Gasteiger partial charge in [-0.15, -0.1) is 0 Å². The van der Waals surface area contributed by atoms with E-state index in [0.717, 1.165) is 38.9 Å². The maximum Gasteiger partial charge on any atom is 0.329 e. The highest BCUT2D eigenvalue weighted by atomic mass is 16.6. The fraction of sp³-hybridized carbons (Fsp3) is 0.176. The second kappa shape index (κ2) is 12.4. The normalized spacial score (nSPS) is 16.5. The largest absolute Gasteiger partial charge is 0.508 e. The number of phenolic OH excluding ortho intramolecular Hbond substituents is 1. The van der Waals surface area contributed by atoms with Gasteiger partial charge in [0.1, 0.15) is 18.4 Å². The van der Waals surface area contributed by atoms with Crippen LogP contribution in [0.15, 0.2) is 103 Å². The van der Waals surface area contributed by atoms with Crippen LogP contribution in [0.3, 0.4) is 0 Å². The van der Waals surface area contributed by atoms with Gasteiger partial charge in [0.15, 0.2) is 0 Å². The minimum atomic E-state index is -0.986. The van der Waals surface area contributed by atoms with Crippen molar-refractivity contribution in [2.75, 3.05) is 0 Å². The Kier molecular flexibility index (Phi) is 8.07. The number of benzene rings is 4. The van der Waals surface area contributed by atoms with Crippen LogP contribution in [0.1, 0.15) is 34.0 Å². The number of nitrogens with one attached hydrogen (secondary N) is 3. The average molecular weight is 591 g/mol. The number of nitro groups is 1. The van der Waals surface area contributed by atoms with E-state index in [1.54, 1.807) is 24.3 Å². The van der Waals surface area contributed by atoms with Gasteiger partial charge in [-0.1, -0.05) is 72.8 Å². The molecule has 0 spiro atoms. The molecule has 4 N–H and O–H groups in total. The van der Waals surface area contributed by atoms with Crippen molar-refractivity contribution in [3.8, 4) is 5.75 Å². The van der Waals surface area contributed by atoms with Crippen LogP contribution in [0.2, 0.25) is 0 Å². The Bertz CT molecular complexity index is 1800. The van der Waals surface area contributed by atoms with Gasteiger partial charge in [-0.2, -0.15) is 0 Å². The molecule has 0 saturated carbocycles. The lowest BCUT2D eigenvalue weighted by Gasteiger charge is -2.32. The minimum Gasteiger partial charge on any atom is -0.508 e. The number of ether oxygens (including phenoxy) is 1. The lowest BCUT2D eigenvalue weighted by atomic mass is 9.89. The van der Waals surface area contributed by atoms with Gasteiger partial charge < -0.3 is 20.1 Å². The van der Waals surface area contributed by atoms with E-state index in [4.69, 9.17) is 4.74 Å². The number of hydrogen-bond acceptors (Lipinski definition) is 7. The number of amides is 1. The maximum atomic E-state index is 13.9. The molecule has 10 heteroatoms. The third kappa shape index (κ3) is 6.16. The van der Waals surface area contributed by atoms with Crippen LogP contribution in [-0.4, -0.2) is 39.0 Å². The van der Waals surface area contributed by atoms with Gasteiger partial charge in [0.05, 0.1) is 17.0 Å². The highest BCUT2D eigenvalue weighted by Crippen LogP contribution is 2.35. The molecule has 3 atom stereocenters. The number of carbonyl (C=O) groups excluding carboxylic acids is 2. The van der Waals surface area contributed by atoms with Gasteiger partial charge in [0.25, 0.3) is 5.69 Å². The molecule has 1 amide bonds. The molecule has 0 bridgehead atoms. The minimum absolute atomic E-state index is 0.0261. The third-order valence-electron chi connectivity index (χ3n) is 7.87. The number of aromatic hydroxyl groups is 1. The Hall–Kier alpha value is -5.48. The number of para-hydroxylation sites is 1. The first-order valence-electron chi connectivity index (χ1n) is 14.2. The predicted octanol–water partition coefficient (Wildman–Crippen LogP) is 4.86. The first-order valence-corrected chi connectivity index (χ1v) is 14.2. The number of non-ortho nitro benzene ring substituents is 1. The monoisotopic (exact) mass is 590 g/mol. The fourth-order valence-electron chi connectivity index (χ4n) is 5.62. The summed E-state index contributed by atoms with van der Waals surface area (Å²) in [6, 6.07) is 27.6. The van der Waals surface area contributed by atoms with E-state index in [1.807, 2.05) is 54.6 Å². The number of fused-ring (bicyclic) bond motifs is 3. The fourth-order valence-corrected chi connectivity index (χ4v) is 5.62. The summed E-state index contributed by atoms with van der Waals surface area (Å²) in [4.78, 5) is 41.5. The number of hydrogen-bond donors (Lipinski definition) is 4. The molecule has 0 fully saturated rings. The van der Waals surface area contributed by atoms with E-state index in [9.17, 15) is 24.8 Å². The zero-order valence-electron chi connectivity index (χ0n) is 23.6. The van der Waals surface area contributed by atoms with E-state index in [0.29, 0.717) is 6.42 Å². The topological polar surface area (TPSA) is 147 Å². The van der Waals surface area contributed by atoms with Crippen molar-refractivity contribution in [1.29, 1.82) is 0 Å². The first kappa shape index (κ1) is 28.6. The van der Waals surface area contributed by atoms with E-state index in [1.165, 1.54) is 24.3 Å². The zero-order valence-corrected chi connectivity index (χ0v) is 23.6. The summed E-state index contributed by atoms with van der Waals surface area (Å²) in [6.45, 7) is 0.0597. The van der Waals surface area contributed by atoms with Crippen LogP contribution in [0, 0.1) is 10.1 Å². The van der Waals surface area contributed by atoms with Crippen LogP contribution in [-0.2, 0) is 33.8 Å². The molecule has 5 aromatic rings. The Morgan fingerprint density at radius 2 is 1.64 bits per heavy atom. The molecule has 0 unspecified atom stereocenters. The highest BCUT2D eigenvalue weighted by molar-refractivity contribution is 5.91.